The van der Waals surface area contributed by atoms with Crippen LogP contribution in [0.5, 0.6) is 5.75 Å². The van der Waals surface area contributed by atoms with Gasteiger partial charge in [0.15, 0.2) is 0 Å². The van der Waals surface area contributed by atoms with Crippen LogP contribution in [0.15, 0.2) is 18.2 Å². The molecule has 0 bridgehead atoms. The van der Waals surface area contributed by atoms with Crippen LogP contribution in [0.1, 0.15) is 38.3 Å². The van der Waals surface area contributed by atoms with Crippen LogP contribution in [0.4, 0.5) is 0 Å². The number of ether oxygens (including phenoxy) is 1. The monoisotopic (exact) mass is 264 g/mol. The van der Waals surface area contributed by atoms with Crippen LogP contribution in [-0.4, -0.2) is 18.6 Å². The van der Waals surface area contributed by atoms with Gasteiger partial charge in [-0.05, 0) is 29.5 Å². The molecule has 0 fully saturated rings. The van der Waals surface area contributed by atoms with E-state index in [1.165, 1.54) is 0 Å². The van der Waals surface area contributed by atoms with Gasteiger partial charge in [0, 0.05) is 6.42 Å². The second-order valence-corrected chi connectivity index (χ2v) is 5.90. The van der Waals surface area contributed by atoms with Gasteiger partial charge < -0.3 is 16.2 Å². The first kappa shape index (κ1) is 15.5. The highest BCUT2D eigenvalue weighted by molar-refractivity contribution is 5.79. The molecule has 0 spiro atoms. The number of benzene rings is 1. The Kier molecular flexibility index (Phi) is 4.95. The number of hydrogen-bond acceptors (Lipinski definition) is 3. The average Bonchev–Trinajstić information content (AvgIpc) is 2.27. The van der Waals surface area contributed by atoms with Crippen LogP contribution in [0.3, 0.4) is 0 Å². The van der Waals surface area contributed by atoms with Gasteiger partial charge in [-0.1, -0.05) is 32.9 Å². The molecule has 4 heteroatoms. The maximum atomic E-state index is 10.9. The van der Waals surface area contributed by atoms with Gasteiger partial charge in [-0.15, -0.1) is 0 Å². The first-order valence-electron chi connectivity index (χ1n) is 6.50. The lowest BCUT2D eigenvalue weighted by Crippen LogP contribution is -2.37. The van der Waals surface area contributed by atoms with Gasteiger partial charge in [-0.2, -0.15) is 0 Å². The molecule has 0 heterocycles. The first-order valence-corrected chi connectivity index (χ1v) is 6.50. The summed E-state index contributed by atoms with van der Waals surface area (Å²) in [5.74, 6) is 0.355. The number of hydrogen-bond donors (Lipinski definition) is 2. The number of carbonyl (C=O) groups excluding carboxylic acids is 1. The van der Waals surface area contributed by atoms with Crippen molar-refractivity contribution in [3.05, 3.63) is 29.3 Å². The lowest BCUT2D eigenvalue weighted by molar-refractivity contribution is -0.119. The summed E-state index contributed by atoms with van der Waals surface area (Å²) in [6.45, 7) is 8.82. The van der Waals surface area contributed by atoms with E-state index in [1.807, 2.05) is 13.0 Å². The minimum atomic E-state index is -0.650. The zero-order valence-corrected chi connectivity index (χ0v) is 12.2. The van der Waals surface area contributed by atoms with Crippen LogP contribution in [-0.2, 0) is 10.2 Å². The molecule has 4 nitrogen and oxygen atoms in total. The van der Waals surface area contributed by atoms with E-state index in [-0.39, 0.29) is 5.41 Å². The Morgan fingerprint density at radius 3 is 2.53 bits per heavy atom. The molecule has 0 aliphatic carbocycles. The Labute approximate surface area is 115 Å². The Balaban J connectivity index is 2.77. The van der Waals surface area contributed by atoms with Crippen LogP contribution in [0, 0.1) is 6.92 Å². The SMILES string of the molecule is Cc1ccc(C(C)(C)C)c(OCCC(N)C(N)=O)c1. The van der Waals surface area contributed by atoms with Gasteiger partial charge in [0.05, 0.1) is 12.6 Å². The molecule has 0 aromatic heterocycles. The quantitative estimate of drug-likeness (QED) is 0.852. The van der Waals surface area contributed by atoms with Crippen LogP contribution >= 0.6 is 0 Å². The second-order valence-electron chi connectivity index (χ2n) is 5.90. The Morgan fingerprint density at radius 1 is 1.37 bits per heavy atom. The predicted molar refractivity (Wildman–Crippen MR) is 77.2 cm³/mol. The van der Waals surface area contributed by atoms with Gasteiger partial charge in [-0.3, -0.25) is 4.79 Å². The molecule has 0 radical (unpaired) electrons. The van der Waals surface area contributed by atoms with E-state index in [2.05, 4.69) is 32.9 Å². The van der Waals surface area contributed by atoms with Crippen molar-refractivity contribution in [2.75, 3.05) is 6.61 Å². The van der Waals surface area contributed by atoms with Crippen LogP contribution in [0.2, 0.25) is 0 Å². The van der Waals surface area contributed by atoms with E-state index < -0.39 is 11.9 Å². The van der Waals surface area contributed by atoms with Gasteiger partial charge in [0.25, 0.3) is 0 Å². The molecular formula is C15H24N2O2. The number of rotatable bonds is 5. The Morgan fingerprint density at radius 2 is 2.00 bits per heavy atom. The maximum absolute atomic E-state index is 10.9. The van der Waals surface area contributed by atoms with Crippen LogP contribution in [0.25, 0.3) is 0 Å². The summed E-state index contributed by atoms with van der Waals surface area (Å²) < 4.78 is 5.78. The lowest BCUT2D eigenvalue weighted by atomic mass is 9.86. The summed E-state index contributed by atoms with van der Waals surface area (Å²) in [7, 11) is 0. The van der Waals surface area contributed by atoms with Gasteiger partial charge in [0.2, 0.25) is 5.91 Å². The molecule has 1 rings (SSSR count). The highest BCUT2D eigenvalue weighted by Gasteiger charge is 2.19. The van der Waals surface area contributed by atoms with Gasteiger partial charge in [0.1, 0.15) is 5.75 Å². The number of amides is 1. The molecule has 0 saturated heterocycles. The summed E-state index contributed by atoms with van der Waals surface area (Å²) >= 11 is 0. The van der Waals surface area contributed by atoms with Crippen molar-refractivity contribution < 1.29 is 9.53 Å². The summed E-state index contributed by atoms with van der Waals surface area (Å²) in [5, 5.41) is 0. The summed E-state index contributed by atoms with van der Waals surface area (Å²) in [6.07, 6.45) is 0.423. The largest absolute Gasteiger partial charge is 0.493 e. The van der Waals surface area contributed by atoms with E-state index in [0.717, 1.165) is 16.9 Å². The molecule has 1 unspecified atom stereocenters. The van der Waals surface area contributed by atoms with Crippen molar-refractivity contribution >= 4 is 5.91 Å². The van der Waals surface area contributed by atoms with E-state index in [9.17, 15) is 4.79 Å². The highest BCUT2D eigenvalue weighted by Crippen LogP contribution is 2.32. The zero-order valence-electron chi connectivity index (χ0n) is 12.2. The number of nitrogens with two attached hydrogens (primary N) is 2. The lowest BCUT2D eigenvalue weighted by Gasteiger charge is -2.23. The molecule has 4 N–H and O–H groups in total. The fraction of sp³-hybridized carbons (Fsp3) is 0.533. The minimum Gasteiger partial charge on any atom is -0.493 e. The van der Waals surface area contributed by atoms with Crippen molar-refractivity contribution in [2.24, 2.45) is 11.5 Å². The number of primary amides is 1. The van der Waals surface area contributed by atoms with Gasteiger partial charge in [-0.25, -0.2) is 0 Å². The topological polar surface area (TPSA) is 78.3 Å². The summed E-state index contributed by atoms with van der Waals surface area (Å²) in [6, 6.07) is 5.51. The predicted octanol–water partition coefficient (Wildman–Crippen LogP) is 1.87. The van der Waals surface area contributed by atoms with E-state index in [1.54, 1.807) is 0 Å². The van der Waals surface area contributed by atoms with E-state index >= 15 is 0 Å². The number of carbonyl (C=O) groups is 1. The molecule has 1 atom stereocenters. The molecule has 1 aromatic carbocycles. The summed E-state index contributed by atoms with van der Waals surface area (Å²) in [5.41, 5.74) is 13.0. The normalized spacial score (nSPS) is 13.1. The fourth-order valence-electron chi connectivity index (χ4n) is 1.81. The van der Waals surface area contributed by atoms with Crippen molar-refractivity contribution in [3.8, 4) is 5.75 Å². The number of aryl methyl sites for hydroxylation is 1. The third-order valence-corrected chi connectivity index (χ3v) is 3.00. The van der Waals surface area contributed by atoms with Crippen LogP contribution < -0.4 is 16.2 Å². The molecule has 1 aromatic rings. The summed E-state index contributed by atoms with van der Waals surface area (Å²) in [4.78, 5) is 10.9. The molecule has 19 heavy (non-hydrogen) atoms. The molecule has 0 aliphatic rings. The average molecular weight is 264 g/mol. The van der Waals surface area contributed by atoms with Crippen molar-refractivity contribution in [3.63, 3.8) is 0 Å². The molecule has 1 amide bonds. The van der Waals surface area contributed by atoms with E-state index in [4.69, 9.17) is 16.2 Å². The van der Waals surface area contributed by atoms with Crippen molar-refractivity contribution in [2.45, 2.75) is 45.6 Å². The Bertz CT molecular complexity index is 450. The minimum absolute atomic E-state index is 0.00877. The second kappa shape index (κ2) is 6.06. The fourth-order valence-corrected chi connectivity index (χ4v) is 1.81. The standard InChI is InChI=1S/C15H24N2O2/c1-10-5-6-11(15(2,3)4)13(9-10)19-8-7-12(16)14(17)18/h5-6,9,12H,7-8,16H2,1-4H3,(H2,17,18). The third-order valence-electron chi connectivity index (χ3n) is 3.00. The third kappa shape index (κ3) is 4.56. The van der Waals surface area contributed by atoms with E-state index in [0.29, 0.717) is 13.0 Å². The smallest absolute Gasteiger partial charge is 0.234 e. The van der Waals surface area contributed by atoms with Crippen molar-refractivity contribution in [1.82, 2.24) is 0 Å². The van der Waals surface area contributed by atoms with Crippen molar-refractivity contribution in [1.29, 1.82) is 0 Å². The molecular weight excluding hydrogens is 240 g/mol. The molecule has 0 aliphatic heterocycles. The maximum Gasteiger partial charge on any atom is 0.234 e. The Hall–Kier alpha value is -1.55. The first-order chi connectivity index (χ1) is 8.71. The highest BCUT2D eigenvalue weighted by atomic mass is 16.5. The zero-order chi connectivity index (χ0) is 14.6. The van der Waals surface area contributed by atoms with Gasteiger partial charge >= 0.3 is 0 Å². The molecule has 106 valence electrons. The molecule has 0 saturated carbocycles.